The lowest BCUT2D eigenvalue weighted by atomic mass is 9.98. The smallest absolute Gasteiger partial charge is 0.317 e. The molecular formula is C16H29N3O3S. The van der Waals surface area contributed by atoms with Gasteiger partial charge in [-0.2, -0.15) is 0 Å². The van der Waals surface area contributed by atoms with Crippen molar-refractivity contribution in [1.29, 1.82) is 0 Å². The van der Waals surface area contributed by atoms with Crippen molar-refractivity contribution in [3.8, 4) is 0 Å². The molecule has 132 valence electrons. The molecule has 3 rings (SSSR count). The Morgan fingerprint density at radius 1 is 1.04 bits per heavy atom. The van der Waals surface area contributed by atoms with Crippen LogP contribution in [0.4, 0.5) is 4.79 Å². The number of nitrogens with one attached hydrogen (secondary N) is 1. The summed E-state index contributed by atoms with van der Waals surface area (Å²) in [7, 11) is -2.87. The van der Waals surface area contributed by atoms with Crippen LogP contribution in [0.3, 0.4) is 0 Å². The topological polar surface area (TPSA) is 69.7 Å². The number of piperidine rings is 1. The van der Waals surface area contributed by atoms with E-state index in [9.17, 15) is 13.2 Å². The van der Waals surface area contributed by atoms with Crippen molar-refractivity contribution in [2.45, 2.75) is 45.2 Å². The maximum atomic E-state index is 12.4. The summed E-state index contributed by atoms with van der Waals surface area (Å²) in [5.74, 6) is 0.804. The molecule has 0 spiro atoms. The van der Waals surface area contributed by atoms with Gasteiger partial charge >= 0.3 is 6.03 Å². The van der Waals surface area contributed by atoms with E-state index in [0.29, 0.717) is 13.1 Å². The lowest BCUT2D eigenvalue weighted by molar-refractivity contribution is 0.0962. The zero-order valence-corrected chi connectivity index (χ0v) is 15.2. The molecule has 3 aliphatic rings. The van der Waals surface area contributed by atoms with Gasteiger partial charge in [0.25, 0.3) is 0 Å². The van der Waals surface area contributed by atoms with E-state index < -0.39 is 9.84 Å². The number of nitrogens with zero attached hydrogens (tertiary/aromatic N) is 2. The molecule has 0 aromatic rings. The third-order valence-corrected chi connectivity index (χ3v) is 7.44. The van der Waals surface area contributed by atoms with Crippen LogP contribution in [0.2, 0.25) is 0 Å². The first-order valence-electron chi connectivity index (χ1n) is 8.65. The number of urea groups is 1. The summed E-state index contributed by atoms with van der Waals surface area (Å²) in [5, 5.41) is 3.15. The van der Waals surface area contributed by atoms with Gasteiger partial charge in [-0.1, -0.05) is 0 Å². The highest BCUT2D eigenvalue weighted by Crippen LogP contribution is 2.32. The van der Waals surface area contributed by atoms with Crippen molar-refractivity contribution in [3.05, 3.63) is 0 Å². The molecule has 0 bridgehead atoms. The van der Waals surface area contributed by atoms with Crippen LogP contribution in [-0.4, -0.2) is 73.5 Å². The molecule has 2 atom stereocenters. The highest BCUT2D eigenvalue weighted by molar-refractivity contribution is 7.91. The summed E-state index contributed by atoms with van der Waals surface area (Å²) in [5.41, 5.74) is 0.187. The van der Waals surface area contributed by atoms with E-state index in [-0.39, 0.29) is 41.0 Å². The number of sulfone groups is 1. The van der Waals surface area contributed by atoms with Crippen LogP contribution < -0.4 is 5.32 Å². The number of hydrogen-bond acceptors (Lipinski definition) is 4. The van der Waals surface area contributed by atoms with Gasteiger partial charge in [-0.15, -0.1) is 0 Å². The monoisotopic (exact) mass is 343 g/mol. The van der Waals surface area contributed by atoms with Crippen molar-refractivity contribution in [3.63, 3.8) is 0 Å². The number of amides is 2. The fourth-order valence-corrected chi connectivity index (χ4v) is 6.36. The predicted molar refractivity (Wildman–Crippen MR) is 90.1 cm³/mol. The minimum Gasteiger partial charge on any atom is -0.335 e. The second-order valence-corrected chi connectivity index (χ2v) is 10.5. The summed E-state index contributed by atoms with van der Waals surface area (Å²) in [6.45, 7) is 9.89. The predicted octanol–water partition coefficient (Wildman–Crippen LogP) is 0.935. The van der Waals surface area contributed by atoms with E-state index >= 15 is 0 Å². The molecule has 0 saturated carbocycles. The second kappa shape index (κ2) is 5.92. The maximum Gasteiger partial charge on any atom is 0.317 e. The Bertz CT molecular complexity index is 542. The number of carbonyl (C=O) groups is 1. The molecule has 23 heavy (non-hydrogen) atoms. The Morgan fingerprint density at radius 2 is 1.57 bits per heavy atom. The Morgan fingerprint density at radius 3 is 2.04 bits per heavy atom. The van der Waals surface area contributed by atoms with Gasteiger partial charge < -0.3 is 10.2 Å². The Labute approximate surface area is 139 Å². The first-order valence-corrected chi connectivity index (χ1v) is 10.5. The highest BCUT2D eigenvalue weighted by atomic mass is 32.2. The minimum absolute atomic E-state index is 0.00833. The lowest BCUT2D eigenvalue weighted by Crippen LogP contribution is -2.52. The van der Waals surface area contributed by atoms with Gasteiger partial charge in [-0.05, 0) is 45.4 Å². The summed E-state index contributed by atoms with van der Waals surface area (Å²) < 4.78 is 23.3. The van der Waals surface area contributed by atoms with Crippen molar-refractivity contribution < 1.29 is 13.2 Å². The maximum absolute atomic E-state index is 12.4. The number of carbonyl (C=O) groups excluding carboxylic acids is 1. The lowest BCUT2D eigenvalue weighted by Gasteiger charge is -2.41. The molecule has 0 aliphatic carbocycles. The second-order valence-electron chi connectivity index (χ2n) is 8.38. The fraction of sp³-hybridized carbons (Fsp3) is 0.938. The van der Waals surface area contributed by atoms with E-state index in [1.807, 2.05) is 4.90 Å². The summed E-state index contributed by atoms with van der Waals surface area (Å²) >= 11 is 0. The van der Waals surface area contributed by atoms with Crippen molar-refractivity contribution in [2.24, 2.45) is 11.8 Å². The van der Waals surface area contributed by atoms with Gasteiger partial charge in [0.2, 0.25) is 0 Å². The Kier molecular flexibility index (Phi) is 4.38. The number of fused-ring (bicyclic) bond motifs is 1. The summed E-state index contributed by atoms with van der Waals surface area (Å²) in [4.78, 5) is 16.7. The summed E-state index contributed by atoms with van der Waals surface area (Å²) in [6.07, 6.45) is 1.97. The number of rotatable bonds is 1. The summed E-state index contributed by atoms with van der Waals surface area (Å²) in [6, 6.07) is 0.233. The molecule has 0 aromatic heterocycles. The number of hydrogen-bond donors (Lipinski definition) is 1. The van der Waals surface area contributed by atoms with Gasteiger partial charge in [-0.3, -0.25) is 4.90 Å². The molecule has 2 amide bonds. The average molecular weight is 343 g/mol. The first-order chi connectivity index (χ1) is 10.6. The molecule has 6 nitrogen and oxygen atoms in total. The molecule has 3 fully saturated rings. The fourth-order valence-electron chi connectivity index (χ4n) is 4.16. The van der Waals surface area contributed by atoms with E-state index in [1.54, 1.807) is 0 Å². The molecule has 3 heterocycles. The number of likely N-dealkylation sites (tertiary alicyclic amines) is 2. The van der Waals surface area contributed by atoms with Gasteiger partial charge in [0.05, 0.1) is 11.5 Å². The minimum atomic E-state index is -2.87. The van der Waals surface area contributed by atoms with E-state index in [2.05, 4.69) is 31.0 Å². The molecule has 3 saturated heterocycles. The third kappa shape index (κ3) is 3.82. The molecule has 3 aliphatic heterocycles. The van der Waals surface area contributed by atoms with Gasteiger partial charge in [0, 0.05) is 37.8 Å². The molecular weight excluding hydrogens is 314 g/mol. The van der Waals surface area contributed by atoms with Crippen molar-refractivity contribution in [1.82, 2.24) is 15.1 Å². The van der Waals surface area contributed by atoms with E-state index in [0.717, 1.165) is 25.9 Å². The Hall–Kier alpha value is -0.820. The molecule has 0 unspecified atom stereocenters. The van der Waals surface area contributed by atoms with Crippen molar-refractivity contribution >= 4 is 15.9 Å². The standard InChI is InChI=1S/C16H29N3O3S/c1-16(2,3)19-6-4-14(5-7-19)17-15(20)18-8-12-10-23(21,22)11-13(12)9-18/h12-14H,4-11H2,1-3H3,(H,17,20)/t12-,13+. The molecule has 0 radical (unpaired) electrons. The van der Waals surface area contributed by atoms with Gasteiger partial charge in [-0.25, -0.2) is 13.2 Å². The van der Waals surface area contributed by atoms with Crippen LogP contribution in [0.5, 0.6) is 0 Å². The van der Waals surface area contributed by atoms with Crippen LogP contribution in [0.15, 0.2) is 0 Å². The zero-order chi connectivity index (χ0) is 16.8. The SMILES string of the molecule is CC(C)(C)N1CCC(NC(=O)N2C[C@@H]3CS(=O)(=O)C[C@@H]3C2)CC1. The van der Waals surface area contributed by atoms with Crippen LogP contribution in [0, 0.1) is 11.8 Å². The van der Waals surface area contributed by atoms with E-state index in [4.69, 9.17) is 0 Å². The average Bonchev–Trinajstić information content (AvgIpc) is 2.91. The highest BCUT2D eigenvalue weighted by Gasteiger charge is 2.45. The first kappa shape index (κ1) is 17.0. The zero-order valence-electron chi connectivity index (χ0n) is 14.4. The van der Waals surface area contributed by atoms with Gasteiger partial charge in [0.15, 0.2) is 9.84 Å². The normalized spacial score (nSPS) is 32.0. The van der Waals surface area contributed by atoms with Crippen molar-refractivity contribution in [2.75, 3.05) is 37.7 Å². The Balaban J connectivity index is 1.47. The largest absolute Gasteiger partial charge is 0.335 e. The van der Waals surface area contributed by atoms with Crippen LogP contribution >= 0.6 is 0 Å². The quantitative estimate of drug-likeness (QED) is 0.769. The van der Waals surface area contributed by atoms with Crippen LogP contribution in [0.25, 0.3) is 0 Å². The molecule has 0 aromatic carbocycles. The van der Waals surface area contributed by atoms with Gasteiger partial charge in [0.1, 0.15) is 0 Å². The molecule has 1 N–H and O–H groups in total. The van der Waals surface area contributed by atoms with E-state index in [1.165, 1.54) is 0 Å². The van der Waals surface area contributed by atoms with Crippen LogP contribution in [0.1, 0.15) is 33.6 Å². The molecule has 7 heteroatoms. The third-order valence-electron chi connectivity index (χ3n) is 5.57. The van der Waals surface area contributed by atoms with Crippen LogP contribution in [-0.2, 0) is 9.84 Å².